The van der Waals surface area contributed by atoms with Crippen molar-refractivity contribution in [3.63, 3.8) is 0 Å². The summed E-state index contributed by atoms with van der Waals surface area (Å²) in [4.78, 5) is 12.4. The molecule has 2 aromatic carbocycles. The topological polar surface area (TPSA) is 64.3 Å². The summed E-state index contributed by atoms with van der Waals surface area (Å²) in [7, 11) is 0. The molecule has 0 fully saturated rings. The van der Waals surface area contributed by atoms with Crippen LogP contribution in [0.25, 0.3) is 0 Å². The van der Waals surface area contributed by atoms with Crippen LogP contribution >= 0.6 is 0 Å². The third-order valence-corrected chi connectivity index (χ3v) is 4.02. The second-order valence-electron chi connectivity index (χ2n) is 5.55. The Balaban J connectivity index is 1.63. The lowest BCUT2D eigenvalue weighted by Crippen LogP contribution is -2.40. The molecule has 22 heavy (non-hydrogen) atoms. The van der Waals surface area contributed by atoms with Crippen LogP contribution in [-0.2, 0) is 22.6 Å². The number of carbonyl (C=O) groups is 1. The Morgan fingerprint density at radius 1 is 1.14 bits per heavy atom. The van der Waals surface area contributed by atoms with Gasteiger partial charge in [0.15, 0.2) is 0 Å². The normalized spacial score (nSPS) is 19.0. The number of aryl methyl sites for hydroxylation is 1. The van der Waals surface area contributed by atoms with Crippen molar-refractivity contribution in [2.45, 2.75) is 25.7 Å². The molecule has 0 saturated heterocycles. The van der Waals surface area contributed by atoms with E-state index in [9.17, 15) is 4.79 Å². The van der Waals surface area contributed by atoms with E-state index >= 15 is 0 Å². The Kier molecular flexibility index (Phi) is 4.51. The maximum absolute atomic E-state index is 12.4. The molecule has 1 aliphatic heterocycles. The van der Waals surface area contributed by atoms with Crippen molar-refractivity contribution in [3.05, 3.63) is 65.7 Å². The Labute approximate surface area is 130 Å². The molecule has 0 aromatic heterocycles. The fourth-order valence-corrected chi connectivity index (χ4v) is 2.72. The Morgan fingerprint density at radius 2 is 1.86 bits per heavy atom. The molecule has 2 unspecified atom stereocenters. The first kappa shape index (κ1) is 14.8. The fourth-order valence-electron chi connectivity index (χ4n) is 2.72. The van der Waals surface area contributed by atoms with Gasteiger partial charge in [0.25, 0.3) is 0 Å². The van der Waals surface area contributed by atoms with Gasteiger partial charge < -0.3 is 15.8 Å². The summed E-state index contributed by atoms with van der Waals surface area (Å²) in [5.41, 5.74) is 9.19. The van der Waals surface area contributed by atoms with E-state index in [1.807, 2.05) is 54.6 Å². The summed E-state index contributed by atoms with van der Waals surface area (Å²) >= 11 is 0. The average molecular weight is 296 g/mol. The second-order valence-corrected chi connectivity index (χ2v) is 5.55. The largest absolute Gasteiger partial charge is 0.358 e. The lowest BCUT2D eigenvalue weighted by molar-refractivity contribution is -0.125. The minimum absolute atomic E-state index is 0.0643. The molecule has 3 rings (SSSR count). The molecule has 4 heteroatoms. The van der Waals surface area contributed by atoms with Crippen LogP contribution in [-0.4, -0.2) is 12.1 Å². The summed E-state index contributed by atoms with van der Waals surface area (Å²) in [5, 5.41) is 2.95. The number of rotatable bonds is 4. The van der Waals surface area contributed by atoms with Gasteiger partial charge in [-0.3, -0.25) is 4.79 Å². The number of hydrogen-bond donors (Lipinski definition) is 2. The van der Waals surface area contributed by atoms with Gasteiger partial charge in [-0.2, -0.15) is 0 Å². The van der Waals surface area contributed by atoms with Crippen molar-refractivity contribution < 1.29 is 9.53 Å². The standard InChI is InChI=1S/C18H20N2O2/c19-17(22-12-13-6-2-1-3-7-13)15-11-10-14-8-4-5-9-16(14)20-18(15)21/h1-9,15,17H,10-12,19H2,(H,20,21). The maximum atomic E-state index is 12.4. The highest BCUT2D eigenvalue weighted by atomic mass is 16.5. The zero-order valence-electron chi connectivity index (χ0n) is 12.4. The number of hydrogen-bond acceptors (Lipinski definition) is 3. The molecule has 114 valence electrons. The summed E-state index contributed by atoms with van der Waals surface area (Å²) in [6.45, 7) is 0.415. The smallest absolute Gasteiger partial charge is 0.231 e. The average Bonchev–Trinajstić information content (AvgIpc) is 2.72. The molecular weight excluding hydrogens is 276 g/mol. The van der Waals surface area contributed by atoms with Gasteiger partial charge in [0.2, 0.25) is 5.91 Å². The van der Waals surface area contributed by atoms with Crippen LogP contribution in [0.15, 0.2) is 54.6 Å². The molecule has 2 atom stereocenters. The molecular formula is C18H20N2O2. The Bertz CT molecular complexity index is 643. The van der Waals surface area contributed by atoms with Crippen LogP contribution < -0.4 is 11.1 Å². The van der Waals surface area contributed by atoms with Gasteiger partial charge in [-0.25, -0.2) is 0 Å². The van der Waals surface area contributed by atoms with Gasteiger partial charge in [-0.15, -0.1) is 0 Å². The number of amides is 1. The van der Waals surface area contributed by atoms with Crippen LogP contribution in [0.2, 0.25) is 0 Å². The van der Waals surface area contributed by atoms with Crippen LogP contribution in [0.1, 0.15) is 17.5 Å². The number of ether oxygens (including phenoxy) is 1. The monoisotopic (exact) mass is 296 g/mol. The summed E-state index contributed by atoms with van der Waals surface area (Å²) in [6, 6.07) is 17.7. The Morgan fingerprint density at radius 3 is 2.68 bits per heavy atom. The number of fused-ring (bicyclic) bond motifs is 1. The molecule has 0 saturated carbocycles. The van der Waals surface area contributed by atoms with Crippen molar-refractivity contribution in [2.24, 2.45) is 11.7 Å². The Hall–Kier alpha value is -2.17. The molecule has 3 N–H and O–H groups in total. The van der Waals surface area contributed by atoms with Crippen molar-refractivity contribution in [1.29, 1.82) is 0 Å². The highest BCUT2D eigenvalue weighted by Gasteiger charge is 2.29. The van der Waals surface area contributed by atoms with E-state index in [4.69, 9.17) is 10.5 Å². The number of carbonyl (C=O) groups excluding carboxylic acids is 1. The van der Waals surface area contributed by atoms with Gasteiger partial charge in [0.05, 0.1) is 12.5 Å². The first-order valence-corrected chi connectivity index (χ1v) is 7.54. The second kappa shape index (κ2) is 6.73. The van der Waals surface area contributed by atoms with Crippen LogP contribution in [0.4, 0.5) is 5.69 Å². The first-order valence-electron chi connectivity index (χ1n) is 7.54. The van der Waals surface area contributed by atoms with Crippen LogP contribution in [0.5, 0.6) is 0 Å². The van der Waals surface area contributed by atoms with Crippen molar-refractivity contribution >= 4 is 11.6 Å². The van der Waals surface area contributed by atoms with Gasteiger partial charge in [0, 0.05) is 5.69 Å². The molecule has 4 nitrogen and oxygen atoms in total. The SMILES string of the molecule is NC(OCc1ccccc1)C1CCc2ccccc2NC1=O. The quantitative estimate of drug-likeness (QED) is 0.853. The number of anilines is 1. The predicted molar refractivity (Wildman–Crippen MR) is 86.1 cm³/mol. The highest BCUT2D eigenvalue weighted by molar-refractivity contribution is 5.94. The summed E-state index contributed by atoms with van der Waals surface area (Å²) < 4.78 is 5.71. The van der Waals surface area contributed by atoms with Crippen molar-refractivity contribution in [1.82, 2.24) is 0 Å². The number of nitrogens with one attached hydrogen (secondary N) is 1. The fraction of sp³-hybridized carbons (Fsp3) is 0.278. The van der Waals surface area contributed by atoms with E-state index in [0.29, 0.717) is 13.0 Å². The summed E-state index contributed by atoms with van der Waals surface area (Å²) in [5.74, 6) is -0.401. The van der Waals surface area contributed by atoms with E-state index in [1.54, 1.807) is 0 Å². The van der Waals surface area contributed by atoms with Crippen LogP contribution in [0.3, 0.4) is 0 Å². The van der Waals surface area contributed by atoms with Crippen LogP contribution in [0, 0.1) is 5.92 Å². The predicted octanol–water partition coefficient (Wildman–Crippen LogP) is 2.69. The number of para-hydroxylation sites is 1. The van der Waals surface area contributed by atoms with Crippen molar-refractivity contribution in [3.8, 4) is 0 Å². The third-order valence-electron chi connectivity index (χ3n) is 4.02. The zero-order valence-corrected chi connectivity index (χ0v) is 12.4. The van der Waals surface area contributed by atoms with E-state index < -0.39 is 6.23 Å². The molecule has 2 aromatic rings. The summed E-state index contributed by atoms with van der Waals surface area (Å²) in [6.07, 6.45) is 0.912. The number of nitrogens with two attached hydrogens (primary N) is 1. The van der Waals surface area contributed by atoms with Gasteiger partial charge in [0.1, 0.15) is 6.23 Å². The van der Waals surface area contributed by atoms with Crippen molar-refractivity contribution in [2.75, 3.05) is 5.32 Å². The molecule has 0 spiro atoms. The van der Waals surface area contributed by atoms with Gasteiger partial charge in [-0.1, -0.05) is 48.5 Å². The third kappa shape index (κ3) is 3.35. The van der Waals surface area contributed by atoms with E-state index in [0.717, 1.165) is 23.2 Å². The molecule has 0 radical (unpaired) electrons. The van der Waals surface area contributed by atoms with E-state index in [1.165, 1.54) is 0 Å². The van der Waals surface area contributed by atoms with Gasteiger partial charge in [-0.05, 0) is 30.0 Å². The van der Waals surface area contributed by atoms with E-state index in [-0.39, 0.29) is 11.8 Å². The molecule has 1 heterocycles. The van der Waals surface area contributed by atoms with E-state index in [2.05, 4.69) is 5.32 Å². The molecule has 1 amide bonds. The lowest BCUT2D eigenvalue weighted by atomic mass is 9.99. The minimum atomic E-state index is -0.602. The molecule has 0 aliphatic carbocycles. The zero-order chi connectivity index (χ0) is 15.4. The van der Waals surface area contributed by atoms with Gasteiger partial charge >= 0.3 is 0 Å². The molecule has 1 aliphatic rings. The minimum Gasteiger partial charge on any atom is -0.358 e. The maximum Gasteiger partial charge on any atom is 0.231 e. The lowest BCUT2D eigenvalue weighted by Gasteiger charge is -2.21. The first-order chi connectivity index (χ1) is 10.7. The number of benzene rings is 2. The molecule has 0 bridgehead atoms. The highest BCUT2D eigenvalue weighted by Crippen LogP contribution is 2.25.